The lowest BCUT2D eigenvalue weighted by molar-refractivity contribution is 0.116. The zero-order valence-corrected chi connectivity index (χ0v) is 13.0. The molecule has 3 heterocycles. The van der Waals surface area contributed by atoms with Gasteiger partial charge in [0.25, 0.3) is 0 Å². The van der Waals surface area contributed by atoms with Crippen molar-refractivity contribution in [3.05, 3.63) is 35.0 Å². The van der Waals surface area contributed by atoms with Gasteiger partial charge in [0.05, 0.1) is 11.1 Å². The second-order valence-corrected chi connectivity index (χ2v) is 7.02. The molecule has 2 aliphatic heterocycles. The summed E-state index contributed by atoms with van der Waals surface area (Å²) in [6.45, 7) is 0. The molecule has 2 N–H and O–H groups in total. The van der Waals surface area contributed by atoms with Gasteiger partial charge in [-0.2, -0.15) is 0 Å². The van der Waals surface area contributed by atoms with Gasteiger partial charge in [0.2, 0.25) is 0 Å². The Kier molecular flexibility index (Phi) is 3.25. The predicted molar refractivity (Wildman–Crippen MR) is 85.4 cm³/mol. The Bertz CT molecular complexity index is 654. The van der Waals surface area contributed by atoms with Gasteiger partial charge in [-0.3, -0.25) is 0 Å². The van der Waals surface area contributed by atoms with Crippen molar-refractivity contribution < 1.29 is 4.42 Å². The van der Waals surface area contributed by atoms with Crippen LogP contribution < -0.4 is 5.73 Å². The Morgan fingerprint density at radius 3 is 2.67 bits per heavy atom. The van der Waals surface area contributed by atoms with Crippen LogP contribution in [-0.2, 0) is 0 Å². The number of benzene rings is 1. The first-order chi connectivity index (χ1) is 10.1. The predicted octanol–water partition coefficient (Wildman–Crippen LogP) is 3.96. The zero-order valence-electron chi connectivity index (χ0n) is 12.3. The minimum atomic E-state index is -0.0229. The molecular formula is C17H21ClN2O. The normalized spacial score (nSPS) is 30.9. The van der Waals surface area contributed by atoms with E-state index in [-0.39, 0.29) is 6.04 Å². The van der Waals surface area contributed by atoms with E-state index in [4.69, 9.17) is 21.8 Å². The van der Waals surface area contributed by atoms with Crippen molar-refractivity contribution >= 4 is 22.6 Å². The summed E-state index contributed by atoms with van der Waals surface area (Å²) in [4.78, 5) is 2.54. The number of piperidine rings is 1. The van der Waals surface area contributed by atoms with Gasteiger partial charge in [-0.15, -0.1) is 0 Å². The fraction of sp³-hybridized carbons (Fsp3) is 0.529. The number of halogens is 1. The summed E-state index contributed by atoms with van der Waals surface area (Å²) in [5.74, 6) is 1.39. The number of nitrogens with two attached hydrogens (primary N) is 1. The molecule has 2 saturated heterocycles. The average molecular weight is 305 g/mol. The Labute approximate surface area is 130 Å². The van der Waals surface area contributed by atoms with Crippen LogP contribution in [0.1, 0.15) is 37.5 Å². The largest absolute Gasteiger partial charge is 0.458 e. The molecule has 0 radical (unpaired) electrons. The van der Waals surface area contributed by atoms with E-state index in [9.17, 15) is 0 Å². The van der Waals surface area contributed by atoms with Crippen LogP contribution in [0.2, 0.25) is 5.02 Å². The lowest BCUT2D eigenvalue weighted by Crippen LogP contribution is -2.42. The SMILES string of the molecule is CN1C2CCC1CC(C(N)c1cc3cccc(Cl)c3o1)C2. The first-order valence-electron chi connectivity index (χ1n) is 7.79. The summed E-state index contributed by atoms with van der Waals surface area (Å²) in [6.07, 6.45) is 4.99. The Hall–Kier alpha value is -1.03. The molecule has 0 saturated carbocycles. The first-order valence-corrected chi connectivity index (χ1v) is 8.17. The van der Waals surface area contributed by atoms with Crippen molar-refractivity contribution in [1.82, 2.24) is 4.90 Å². The van der Waals surface area contributed by atoms with Gasteiger partial charge in [-0.1, -0.05) is 23.7 Å². The van der Waals surface area contributed by atoms with Crippen molar-refractivity contribution in [2.45, 2.75) is 43.8 Å². The number of nitrogens with zero attached hydrogens (tertiary/aromatic N) is 1. The fourth-order valence-corrected chi connectivity index (χ4v) is 4.41. The van der Waals surface area contributed by atoms with Crippen molar-refractivity contribution in [2.24, 2.45) is 11.7 Å². The van der Waals surface area contributed by atoms with Crippen LogP contribution in [0.15, 0.2) is 28.7 Å². The highest BCUT2D eigenvalue weighted by molar-refractivity contribution is 6.34. The highest BCUT2D eigenvalue weighted by Crippen LogP contribution is 2.42. The molecular weight excluding hydrogens is 284 g/mol. The standard InChI is InChI=1S/C17H21ClN2O/c1-20-12-5-6-13(20)8-11(7-12)16(19)15-9-10-3-2-4-14(18)17(10)21-15/h2-4,9,11-13,16H,5-8,19H2,1H3. The molecule has 0 spiro atoms. The quantitative estimate of drug-likeness (QED) is 0.913. The number of hydrogen-bond acceptors (Lipinski definition) is 3. The number of furan rings is 1. The topological polar surface area (TPSA) is 42.4 Å². The highest BCUT2D eigenvalue weighted by atomic mass is 35.5. The van der Waals surface area contributed by atoms with E-state index in [0.717, 1.165) is 16.7 Å². The maximum atomic E-state index is 6.53. The van der Waals surface area contributed by atoms with Gasteiger partial charge < -0.3 is 15.1 Å². The van der Waals surface area contributed by atoms with E-state index in [1.54, 1.807) is 0 Å². The number of rotatable bonds is 2. The van der Waals surface area contributed by atoms with Crippen LogP contribution in [-0.4, -0.2) is 24.0 Å². The third-order valence-corrected chi connectivity index (χ3v) is 5.78. The van der Waals surface area contributed by atoms with E-state index in [0.29, 0.717) is 23.0 Å². The average Bonchev–Trinajstić information content (AvgIpc) is 2.97. The van der Waals surface area contributed by atoms with E-state index < -0.39 is 0 Å². The van der Waals surface area contributed by atoms with E-state index >= 15 is 0 Å². The van der Waals surface area contributed by atoms with Crippen LogP contribution in [0.5, 0.6) is 0 Å². The van der Waals surface area contributed by atoms with Crippen molar-refractivity contribution in [3.63, 3.8) is 0 Å². The zero-order chi connectivity index (χ0) is 14.6. The molecule has 1 aromatic carbocycles. The van der Waals surface area contributed by atoms with Crippen LogP contribution in [0.4, 0.5) is 0 Å². The van der Waals surface area contributed by atoms with Crippen molar-refractivity contribution in [2.75, 3.05) is 7.05 Å². The minimum Gasteiger partial charge on any atom is -0.458 e. The van der Waals surface area contributed by atoms with Gasteiger partial charge in [0.1, 0.15) is 5.76 Å². The monoisotopic (exact) mass is 304 g/mol. The van der Waals surface area contributed by atoms with Crippen molar-refractivity contribution in [1.29, 1.82) is 0 Å². The number of para-hydroxylation sites is 1. The van der Waals surface area contributed by atoms with Crippen molar-refractivity contribution in [3.8, 4) is 0 Å². The lowest BCUT2D eigenvalue weighted by Gasteiger charge is -2.38. The van der Waals surface area contributed by atoms with Crippen LogP contribution in [0.25, 0.3) is 11.0 Å². The van der Waals surface area contributed by atoms with Crippen LogP contribution in [0, 0.1) is 5.92 Å². The van der Waals surface area contributed by atoms with Crippen LogP contribution in [0.3, 0.4) is 0 Å². The molecule has 112 valence electrons. The van der Waals surface area contributed by atoms with Crippen LogP contribution >= 0.6 is 11.6 Å². The molecule has 0 aliphatic carbocycles. The maximum Gasteiger partial charge on any atom is 0.152 e. The van der Waals surface area contributed by atoms with Gasteiger partial charge in [0, 0.05) is 17.5 Å². The van der Waals surface area contributed by atoms with Gasteiger partial charge in [0.15, 0.2) is 5.58 Å². The lowest BCUT2D eigenvalue weighted by atomic mass is 9.84. The molecule has 4 rings (SSSR count). The summed E-state index contributed by atoms with van der Waals surface area (Å²) in [5, 5.41) is 1.71. The van der Waals surface area contributed by atoms with E-state index in [1.807, 2.05) is 18.2 Å². The molecule has 0 amide bonds. The third kappa shape index (κ3) is 2.19. The Morgan fingerprint density at radius 1 is 1.29 bits per heavy atom. The Balaban J connectivity index is 1.62. The van der Waals surface area contributed by atoms with Gasteiger partial charge in [-0.25, -0.2) is 0 Å². The smallest absolute Gasteiger partial charge is 0.152 e. The van der Waals surface area contributed by atoms with E-state index in [2.05, 4.69) is 18.0 Å². The molecule has 21 heavy (non-hydrogen) atoms. The van der Waals surface area contributed by atoms with E-state index in [1.165, 1.54) is 25.7 Å². The molecule has 3 nitrogen and oxygen atoms in total. The highest BCUT2D eigenvalue weighted by Gasteiger charge is 2.41. The Morgan fingerprint density at radius 2 is 2.00 bits per heavy atom. The summed E-state index contributed by atoms with van der Waals surface area (Å²) >= 11 is 6.20. The maximum absolute atomic E-state index is 6.53. The number of hydrogen-bond donors (Lipinski definition) is 1. The summed E-state index contributed by atoms with van der Waals surface area (Å²) in [5.41, 5.74) is 7.29. The summed E-state index contributed by atoms with van der Waals surface area (Å²) in [6, 6.07) is 9.28. The molecule has 1 aromatic heterocycles. The van der Waals surface area contributed by atoms with Gasteiger partial charge >= 0.3 is 0 Å². The molecule has 2 aliphatic rings. The molecule has 2 bridgehead atoms. The number of fused-ring (bicyclic) bond motifs is 3. The first kappa shape index (κ1) is 13.6. The summed E-state index contributed by atoms with van der Waals surface area (Å²) < 4.78 is 5.96. The molecule has 2 aromatic rings. The molecule has 3 atom stereocenters. The fourth-order valence-electron chi connectivity index (χ4n) is 4.19. The molecule has 2 fully saturated rings. The third-order valence-electron chi connectivity index (χ3n) is 5.49. The molecule has 4 heteroatoms. The van der Waals surface area contributed by atoms with Gasteiger partial charge in [-0.05, 0) is 50.8 Å². The minimum absolute atomic E-state index is 0.0229. The second kappa shape index (κ2) is 5.01. The second-order valence-electron chi connectivity index (χ2n) is 6.61. The summed E-state index contributed by atoms with van der Waals surface area (Å²) in [7, 11) is 2.25. The molecule has 3 unspecified atom stereocenters.